The first-order valence-corrected chi connectivity index (χ1v) is 5.03. The van der Waals surface area contributed by atoms with Gasteiger partial charge in [0.05, 0.1) is 7.11 Å². The topological polar surface area (TPSA) is 41.5 Å². The average Bonchev–Trinajstić information content (AvgIpc) is 2.14. The summed E-state index contributed by atoms with van der Waals surface area (Å²) in [6.07, 6.45) is 0. The molecule has 1 rings (SSSR count). The van der Waals surface area contributed by atoms with E-state index in [0.717, 1.165) is 12.1 Å². The molecule has 2 N–H and O–H groups in total. The minimum Gasteiger partial charge on any atom is -0.504 e. The van der Waals surface area contributed by atoms with E-state index in [1.807, 2.05) is 6.07 Å². The standard InChI is InChI=1S/C12H19NO2/c1-12(2,3)13-8-9-5-6-11(15-4)10(14)7-9/h5-7,13-14H,8H2,1-4H3. The van der Waals surface area contributed by atoms with Gasteiger partial charge in [-0.2, -0.15) is 0 Å². The number of phenols is 1. The lowest BCUT2D eigenvalue weighted by Gasteiger charge is -2.20. The predicted octanol–water partition coefficient (Wildman–Crippen LogP) is 2.29. The highest BCUT2D eigenvalue weighted by Crippen LogP contribution is 2.26. The Bertz CT molecular complexity index is 329. The lowest BCUT2D eigenvalue weighted by atomic mass is 10.1. The molecule has 1 aromatic carbocycles. The fraction of sp³-hybridized carbons (Fsp3) is 0.500. The zero-order chi connectivity index (χ0) is 11.5. The Morgan fingerprint density at radius 2 is 2.00 bits per heavy atom. The second kappa shape index (κ2) is 4.53. The van der Waals surface area contributed by atoms with Crippen LogP contribution >= 0.6 is 0 Å². The fourth-order valence-electron chi connectivity index (χ4n) is 1.21. The van der Waals surface area contributed by atoms with E-state index in [-0.39, 0.29) is 11.3 Å². The van der Waals surface area contributed by atoms with Crippen LogP contribution in [0.5, 0.6) is 11.5 Å². The molecule has 0 aliphatic rings. The lowest BCUT2D eigenvalue weighted by molar-refractivity contribution is 0.372. The smallest absolute Gasteiger partial charge is 0.160 e. The molecular weight excluding hydrogens is 190 g/mol. The molecule has 3 heteroatoms. The molecule has 0 spiro atoms. The number of methoxy groups -OCH3 is 1. The van der Waals surface area contributed by atoms with Crippen molar-refractivity contribution in [3.05, 3.63) is 23.8 Å². The highest BCUT2D eigenvalue weighted by atomic mass is 16.5. The van der Waals surface area contributed by atoms with Crippen molar-refractivity contribution in [1.29, 1.82) is 0 Å². The molecule has 1 aromatic rings. The van der Waals surface area contributed by atoms with E-state index in [4.69, 9.17) is 4.74 Å². The number of benzene rings is 1. The number of phenolic OH excluding ortho intramolecular Hbond substituents is 1. The van der Waals surface area contributed by atoms with Crippen LogP contribution in [0.15, 0.2) is 18.2 Å². The maximum Gasteiger partial charge on any atom is 0.160 e. The van der Waals surface area contributed by atoms with E-state index in [1.54, 1.807) is 19.2 Å². The van der Waals surface area contributed by atoms with Gasteiger partial charge in [-0.15, -0.1) is 0 Å². The second-order valence-electron chi connectivity index (χ2n) is 4.61. The molecule has 84 valence electrons. The number of aromatic hydroxyl groups is 1. The van der Waals surface area contributed by atoms with Crippen LogP contribution in [0.4, 0.5) is 0 Å². The van der Waals surface area contributed by atoms with Gasteiger partial charge in [0.2, 0.25) is 0 Å². The minimum atomic E-state index is 0.0789. The summed E-state index contributed by atoms with van der Waals surface area (Å²) >= 11 is 0. The van der Waals surface area contributed by atoms with Crippen LogP contribution in [0.3, 0.4) is 0 Å². The van der Waals surface area contributed by atoms with Gasteiger partial charge in [0.1, 0.15) is 0 Å². The zero-order valence-electron chi connectivity index (χ0n) is 9.79. The molecule has 0 unspecified atom stereocenters. The molecule has 0 aliphatic carbocycles. The number of rotatable bonds is 3. The maximum atomic E-state index is 9.57. The molecule has 0 aromatic heterocycles. The first kappa shape index (κ1) is 11.9. The Balaban J connectivity index is 2.68. The van der Waals surface area contributed by atoms with Crippen molar-refractivity contribution >= 4 is 0 Å². The van der Waals surface area contributed by atoms with E-state index in [2.05, 4.69) is 26.1 Å². The summed E-state index contributed by atoms with van der Waals surface area (Å²) in [7, 11) is 1.54. The number of hydrogen-bond acceptors (Lipinski definition) is 3. The number of ether oxygens (including phenoxy) is 1. The normalized spacial score (nSPS) is 11.5. The SMILES string of the molecule is COc1ccc(CNC(C)(C)C)cc1O. The largest absolute Gasteiger partial charge is 0.504 e. The van der Waals surface area contributed by atoms with Crippen LogP contribution < -0.4 is 10.1 Å². The molecule has 0 radical (unpaired) electrons. The molecule has 0 fully saturated rings. The lowest BCUT2D eigenvalue weighted by Crippen LogP contribution is -2.35. The summed E-state index contributed by atoms with van der Waals surface area (Å²) in [6.45, 7) is 7.06. The zero-order valence-corrected chi connectivity index (χ0v) is 9.79. The summed E-state index contributed by atoms with van der Waals surface area (Å²) in [5.41, 5.74) is 1.12. The first-order valence-electron chi connectivity index (χ1n) is 5.03. The van der Waals surface area contributed by atoms with Crippen molar-refractivity contribution in [1.82, 2.24) is 5.32 Å². The Hall–Kier alpha value is -1.22. The fourth-order valence-corrected chi connectivity index (χ4v) is 1.21. The third-order valence-corrected chi connectivity index (χ3v) is 2.07. The molecule has 0 bridgehead atoms. The minimum absolute atomic E-state index is 0.0789. The maximum absolute atomic E-state index is 9.57. The molecule has 0 amide bonds. The van der Waals surface area contributed by atoms with Crippen LogP contribution in [0.1, 0.15) is 26.3 Å². The summed E-state index contributed by atoms with van der Waals surface area (Å²) < 4.78 is 4.97. The van der Waals surface area contributed by atoms with Gasteiger partial charge in [0.25, 0.3) is 0 Å². The average molecular weight is 209 g/mol. The number of hydrogen-bond donors (Lipinski definition) is 2. The van der Waals surface area contributed by atoms with Crippen molar-refractivity contribution in [3.63, 3.8) is 0 Å². The van der Waals surface area contributed by atoms with E-state index >= 15 is 0 Å². The molecule has 3 nitrogen and oxygen atoms in total. The Morgan fingerprint density at radius 3 is 2.47 bits per heavy atom. The van der Waals surface area contributed by atoms with E-state index in [9.17, 15) is 5.11 Å². The van der Waals surface area contributed by atoms with Crippen molar-refractivity contribution < 1.29 is 9.84 Å². The summed E-state index contributed by atoms with van der Waals surface area (Å²) in [4.78, 5) is 0. The van der Waals surface area contributed by atoms with Crippen molar-refractivity contribution in [2.24, 2.45) is 0 Å². The van der Waals surface area contributed by atoms with Gasteiger partial charge in [-0.1, -0.05) is 6.07 Å². The van der Waals surface area contributed by atoms with Gasteiger partial charge in [0, 0.05) is 12.1 Å². The first-order chi connectivity index (χ1) is 6.92. The second-order valence-corrected chi connectivity index (χ2v) is 4.61. The van der Waals surface area contributed by atoms with Gasteiger partial charge in [-0.05, 0) is 38.5 Å². The predicted molar refractivity (Wildman–Crippen MR) is 61.3 cm³/mol. The van der Waals surface area contributed by atoms with E-state index in [1.165, 1.54) is 0 Å². The summed E-state index contributed by atoms with van der Waals surface area (Å²) in [6, 6.07) is 5.43. The molecular formula is C12H19NO2. The highest BCUT2D eigenvalue weighted by molar-refractivity contribution is 5.41. The van der Waals surface area contributed by atoms with Crippen molar-refractivity contribution in [2.75, 3.05) is 7.11 Å². The van der Waals surface area contributed by atoms with Crippen molar-refractivity contribution in [2.45, 2.75) is 32.9 Å². The van der Waals surface area contributed by atoms with Crippen LogP contribution in [-0.4, -0.2) is 17.8 Å². The third kappa shape index (κ3) is 3.80. The van der Waals surface area contributed by atoms with Crippen LogP contribution in [0, 0.1) is 0 Å². The van der Waals surface area contributed by atoms with Gasteiger partial charge >= 0.3 is 0 Å². The van der Waals surface area contributed by atoms with Gasteiger partial charge in [-0.25, -0.2) is 0 Å². The van der Waals surface area contributed by atoms with Gasteiger partial charge < -0.3 is 15.2 Å². The third-order valence-electron chi connectivity index (χ3n) is 2.07. The Labute approximate surface area is 91.1 Å². The molecule has 0 aliphatic heterocycles. The molecule has 0 heterocycles. The van der Waals surface area contributed by atoms with Crippen molar-refractivity contribution in [3.8, 4) is 11.5 Å². The Morgan fingerprint density at radius 1 is 1.33 bits per heavy atom. The van der Waals surface area contributed by atoms with Gasteiger partial charge in [0.15, 0.2) is 11.5 Å². The van der Waals surface area contributed by atoms with Crippen LogP contribution in [-0.2, 0) is 6.54 Å². The quantitative estimate of drug-likeness (QED) is 0.802. The van der Waals surface area contributed by atoms with Gasteiger partial charge in [-0.3, -0.25) is 0 Å². The monoisotopic (exact) mass is 209 g/mol. The molecule has 0 atom stereocenters. The Kier molecular flexibility index (Phi) is 3.58. The van der Waals surface area contributed by atoms with E-state index < -0.39 is 0 Å². The molecule has 0 saturated carbocycles. The highest BCUT2D eigenvalue weighted by Gasteiger charge is 2.09. The molecule has 15 heavy (non-hydrogen) atoms. The summed E-state index contributed by atoms with van der Waals surface area (Å²) in [5.74, 6) is 0.695. The summed E-state index contributed by atoms with van der Waals surface area (Å²) in [5, 5.41) is 12.9. The van der Waals surface area contributed by atoms with E-state index in [0.29, 0.717) is 5.75 Å². The van der Waals surface area contributed by atoms with Crippen LogP contribution in [0.2, 0.25) is 0 Å². The molecule has 0 saturated heterocycles. The number of nitrogens with one attached hydrogen (secondary N) is 1. The van der Waals surface area contributed by atoms with Crippen LogP contribution in [0.25, 0.3) is 0 Å².